The molecular weight excluding hydrogens is 330 g/mol. The summed E-state index contributed by atoms with van der Waals surface area (Å²) in [5.74, 6) is 1.49. The zero-order valence-corrected chi connectivity index (χ0v) is 14.8. The highest BCUT2D eigenvalue weighted by Gasteiger charge is 2.24. The fourth-order valence-electron chi connectivity index (χ4n) is 3.92. The molecule has 1 atom stereocenters. The van der Waals surface area contributed by atoms with E-state index in [2.05, 4.69) is 30.6 Å². The summed E-state index contributed by atoms with van der Waals surface area (Å²) in [4.78, 5) is 23.2. The number of carbonyl (C=O) groups excluding carboxylic acids is 1. The van der Waals surface area contributed by atoms with E-state index in [0.717, 1.165) is 50.5 Å². The predicted molar refractivity (Wildman–Crippen MR) is 99.2 cm³/mol. The van der Waals surface area contributed by atoms with Gasteiger partial charge in [0.15, 0.2) is 0 Å². The molecule has 0 unspecified atom stereocenters. The van der Waals surface area contributed by atoms with Crippen molar-refractivity contribution in [2.24, 2.45) is 0 Å². The molecule has 138 valence electrons. The van der Waals surface area contributed by atoms with E-state index in [1.54, 1.807) is 18.6 Å². The number of aromatic nitrogens is 4. The number of hydrogen-bond acceptors (Lipinski definition) is 5. The minimum atomic E-state index is -0.175. The molecule has 2 aliphatic rings. The van der Waals surface area contributed by atoms with Crippen molar-refractivity contribution >= 4 is 17.8 Å². The number of urea groups is 1. The van der Waals surface area contributed by atoms with Gasteiger partial charge in [-0.3, -0.25) is 5.32 Å². The van der Waals surface area contributed by atoms with Gasteiger partial charge in [0.2, 0.25) is 5.95 Å². The molecule has 1 aliphatic heterocycles. The lowest BCUT2D eigenvalue weighted by Gasteiger charge is -2.33. The van der Waals surface area contributed by atoms with Gasteiger partial charge in [0.05, 0.1) is 12.2 Å². The van der Waals surface area contributed by atoms with Gasteiger partial charge in [-0.05, 0) is 31.7 Å². The number of nitrogens with zero attached hydrogens (tertiary/aromatic N) is 5. The number of amides is 2. The van der Waals surface area contributed by atoms with E-state index in [0.29, 0.717) is 6.04 Å². The number of piperidine rings is 1. The normalized spacial score (nSPS) is 20.9. The molecule has 0 bridgehead atoms. The van der Waals surface area contributed by atoms with E-state index in [1.165, 1.54) is 12.8 Å². The molecule has 26 heavy (non-hydrogen) atoms. The molecule has 2 fully saturated rings. The van der Waals surface area contributed by atoms with E-state index in [-0.39, 0.29) is 12.1 Å². The van der Waals surface area contributed by atoms with Crippen molar-refractivity contribution in [2.45, 2.75) is 50.6 Å². The lowest BCUT2D eigenvalue weighted by molar-refractivity contribution is 0.246. The third-order valence-corrected chi connectivity index (χ3v) is 5.17. The van der Waals surface area contributed by atoms with Crippen molar-refractivity contribution in [1.29, 1.82) is 0 Å². The number of anilines is 2. The Bertz CT molecular complexity index is 726. The highest BCUT2D eigenvalue weighted by molar-refractivity contribution is 5.88. The van der Waals surface area contributed by atoms with Crippen LogP contribution in [0.3, 0.4) is 0 Å². The van der Waals surface area contributed by atoms with Crippen LogP contribution < -0.4 is 15.5 Å². The van der Waals surface area contributed by atoms with Gasteiger partial charge in [-0.1, -0.05) is 12.8 Å². The lowest BCUT2D eigenvalue weighted by atomic mass is 10.1. The molecule has 0 aromatic carbocycles. The Labute approximate surface area is 153 Å². The molecule has 2 aromatic rings. The van der Waals surface area contributed by atoms with Gasteiger partial charge in [0.1, 0.15) is 5.82 Å². The maximum atomic E-state index is 12.5. The first-order valence-corrected chi connectivity index (χ1v) is 9.42. The van der Waals surface area contributed by atoms with Crippen LogP contribution in [0.1, 0.15) is 44.6 Å². The van der Waals surface area contributed by atoms with Gasteiger partial charge >= 0.3 is 6.03 Å². The first-order valence-electron chi connectivity index (χ1n) is 9.42. The second-order valence-corrected chi connectivity index (χ2v) is 7.03. The fraction of sp³-hybridized carbons (Fsp3) is 0.556. The van der Waals surface area contributed by atoms with Crippen LogP contribution in [0.15, 0.2) is 30.7 Å². The molecule has 8 nitrogen and oxygen atoms in total. The number of nitrogens with one attached hydrogen (secondary N) is 2. The van der Waals surface area contributed by atoms with Gasteiger partial charge in [0, 0.05) is 37.6 Å². The molecular formula is C18H25N7O. The lowest BCUT2D eigenvalue weighted by Crippen LogP contribution is -2.49. The second-order valence-electron chi connectivity index (χ2n) is 7.03. The van der Waals surface area contributed by atoms with Gasteiger partial charge in [-0.25, -0.2) is 19.4 Å². The maximum Gasteiger partial charge on any atom is 0.320 e. The standard InChI is InChI=1S/C18H25N7O/c26-18(23-16-8-11-21-25(16)15-6-1-2-7-15)22-14-5-3-12-24(13-14)17-19-9-4-10-20-17/h4,8-11,14-15H,1-3,5-7,12-13H2,(H2,22,23,26)/t14-/m0/s1. The second kappa shape index (κ2) is 7.72. The Morgan fingerprint density at radius 3 is 2.69 bits per heavy atom. The summed E-state index contributed by atoms with van der Waals surface area (Å²) < 4.78 is 1.96. The van der Waals surface area contributed by atoms with Gasteiger partial charge < -0.3 is 10.2 Å². The van der Waals surface area contributed by atoms with Crippen molar-refractivity contribution in [3.8, 4) is 0 Å². The Kier molecular flexibility index (Phi) is 4.99. The molecule has 2 aromatic heterocycles. The summed E-state index contributed by atoms with van der Waals surface area (Å²) >= 11 is 0. The number of rotatable bonds is 4. The van der Waals surface area contributed by atoms with Gasteiger partial charge in [-0.15, -0.1) is 0 Å². The summed E-state index contributed by atoms with van der Waals surface area (Å²) in [5.41, 5.74) is 0. The molecule has 3 heterocycles. The minimum Gasteiger partial charge on any atom is -0.339 e. The minimum absolute atomic E-state index is 0.0791. The summed E-state index contributed by atoms with van der Waals surface area (Å²) in [5, 5.41) is 10.5. The average Bonchev–Trinajstić information content (AvgIpc) is 3.34. The molecule has 1 saturated carbocycles. The van der Waals surface area contributed by atoms with Crippen LogP contribution in [0.25, 0.3) is 0 Å². The van der Waals surface area contributed by atoms with Crippen molar-refractivity contribution < 1.29 is 4.79 Å². The van der Waals surface area contributed by atoms with Crippen molar-refractivity contribution in [2.75, 3.05) is 23.3 Å². The topological polar surface area (TPSA) is 88.0 Å². The largest absolute Gasteiger partial charge is 0.339 e. The maximum absolute atomic E-state index is 12.5. The molecule has 2 N–H and O–H groups in total. The molecule has 8 heteroatoms. The Morgan fingerprint density at radius 1 is 1.08 bits per heavy atom. The molecule has 2 amide bonds. The van der Waals surface area contributed by atoms with E-state index < -0.39 is 0 Å². The van der Waals surface area contributed by atoms with Crippen LogP contribution in [-0.2, 0) is 0 Å². The van der Waals surface area contributed by atoms with Crippen LogP contribution in [0, 0.1) is 0 Å². The third-order valence-electron chi connectivity index (χ3n) is 5.17. The SMILES string of the molecule is O=C(Nc1ccnn1C1CCCC1)N[C@H]1CCCN(c2ncccn2)C1. The molecule has 4 rings (SSSR count). The molecule has 0 radical (unpaired) electrons. The van der Waals surface area contributed by atoms with Gasteiger partial charge in [0.25, 0.3) is 0 Å². The summed E-state index contributed by atoms with van der Waals surface area (Å²) in [6.45, 7) is 1.64. The molecule has 0 spiro atoms. The smallest absolute Gasteiger partial charge is 0.320 e. The van der Waals surface area contributed by atoms with Crippen LogP contribution in [0.2, 0.25) is 0 Å². The van der Waals surface area contributed by atoms with Crippen LogP contribution in [0.5, 0.6) is 0 Å². The van der Waals surface area contributed by atoms with E-state index in [9.17, 15) is 4.79 Å². The zero-order valence-electron chi connectivity index (χ0n) is 14.8. The van der Waals surface area contributed by atoms with E-state index in [4.69, 9.17) is 0 Å². The van der Waals surface area contributed by atoms with E-state index >= 15 is 0 Å². The quantitative estimate of drug-likeness (QED) is 0.880. The first kappa shape index (κ1) is 16.8. The zero-order chi connectivity index (χ0) is 17.8. The van der Waals surface area contributed by atoms with Crippen LogP contribution in [0.4, 0.5) is 16.6 Å². The van der Waals surface area contributed by atoms with Crippen molar-refractivity contribution in [3.05, 3.63) is 30.7 Å². The Balaban J connectivity index is 1.34. The summed E-state index contributed by atoms with van der Waals surface area (Å²) in [7, 11) is 0. The fourth-order valence-corrected chi connectivity index (χ4v) is 3.92. The van der Waals surface area contributed by atoms with Crippen LogP contribution >= 0.6 is 0 Å². The molecule has 1 saturated heterocycles. The number of hydrogen-bond donors (Lipinski definition) is 2. The highest BCUT2D eigenvalue weighted by atomic mass is 16.2. The highest BCUT2D eigenvalue weighted by Crippen LogP contribution is 2.31. The van der Waals surface area contributed by atoms with E-state index in [1.807, 2.05) is 16.8 Å². The molecule has 1 aliphatic carbocycles. The monoisotopic (exact) mass is 355 g/mol. The van der Waals surface area contributed by atoms with Crippen molar-refractivity contribution in [3.63, 3.8) is 0 Å². The first-order chi connectivity index (χ1) is 12.8. The van der Waals surface area contributed by atoms with Crippen molar-refractivity contribution in [1.82, 2.24) is 25.1 Å². The summed E-state index contributed by atoms with van der Waals surface area (Å²) in [6.07, 6.45) is 11.9. The summed E-state index contributed by atoms with van der Waals surface area (Å²) in [6, 6.07) is 3.98. The third kappa shape index (κ3) is 3.79. The van der Waals surface area contributed by atoms with Crippen LogP contribution in [-0.4, -0.2) is 44.9 Å². The number of carbonyl (C=O) groups is 1. The Hall–Kier alpha value is -2.64. The Morgan fingerprint density at radius 2 is 1.88 bits per heavy atom. The van der Waals surface area contributed by atoms with Gasteiger partial charge in [-0.2, -0.15) is 5.10 Å². The predicted octanol–water partition coefficient (Wildman–Crippen LogP) is 2.58. The average molecular weight is 355 g/mol.